The number of carbonyl (C=O) groups excluding carboxylic acids is 1. The van der Waals surface area contributed by atoms with Crippen molar-refractivity contribution in [3.8, 4) is 11.4 Å². The molecule has 2 heterocycles. The first-order valence-electron chi connectivity index (χ1n) is 9.11. The number of benzene rings is 2. The van der Waals surface area contributed by atoms with Gasteiger partial charge in [0, 0.05) is 18.7 Å². The first-order chi connectivity index (χ1) is 12.6. The van der Waals surface area contributed by atoms with Crippen molar-refractivity contribution in [1.82, 2.24) is 14.5 Å². The molecule has 1 aromatic heterocycles. The van der Waals surface area contributed by atoms with Crippen molar-refractivity contribution in [3.63, 3.8) is 0 Å². The maximum Gasteiger partial charge on any atom is 0.242 e. The quantitative estimate of drug-likeness (QED) is 0.712. The fourth-order valence-corrected chi connectivity index (χ4v) is 3.55. The summed E-state index contributed by atoms with van der Waals surface area (Å²) in [6.07, 6.45) is 2.11. The summed E-state index contributed by atoms with van der Waals surface area (Å²) in [5, 5.41) is 0. The number of nitrogens with zero attached hydrogens (tertiary/aromatic N) is 3. The van der Waals surface area contributed by atoms with Gasteiger partial charge in [0.25, 0.3) is 0 Å². The second-order valence-corrected chi connectivity index (χ2v) is 7.08. The van der Waals surface area contributed by atoms with E-state index in [1.807, 2.05) is 33.7 Å². The number of aromatic nitrogens is 2. The van der Waals surface area contributed by atoms with Gasteiger partial charge in [-0.3, -0.25) is 4.79 Å². The van der Waals surface area contributed by atoms with Crippen LogP contribution >= 0.6 is 0 Å². The molecule has 0 N–H and O–H groups in total. The zero-order chi connectivity index (χ0) is 18.1. The Kier molecular flexibility index (Phi) is 4.45. The molecule has 2 aromatic carbocycles. The van der Waals surface area contributed by atoms with Gasteiger partial charge in [-0.05, 0) is 55.2 Å². The monoisotopic (exact) mass is 351 g/mol. The van der Waals surface area contributed by atoms with Crippen LogP contribution in [0.3, 0.4) is 0 Å². The van der Waals surface area contributed by atoms with Crippen LogP contribution < -0.4 is 0 Å². The minimum atomic E-state index is -0.282. The Labute approximate surface area is 152 Å². The molecule has 0 saturated carbocycles. The largest absolute Gasteiger partial charge is 0.341 e. The highest BCUT2D eigenvalue weighted by Crippen LogP contribution is 2.26. The van der Waals surface area contributed by atoms with Crippen LogP contribution in [0.25, 0.3) is 22.4 Å². The minimum Gasteiger partial charge on any atom is -0.341 e. The van der Waals surface area contributed by atoms with E-state index in [1.165, 1.54) is 12.1 Å². The van der Waals surface area contributed by atoms with E-state index in [1.54, 1.807) is 12.1 Å². The highest BCUT2D eigenvalue weighted by atomic mass is 19.1. The number of imidazole rings is 1. The van der Waals surface area contributed by atoms with E-state index in [-0.39, 0.29) is 18.3 Å². The van der Waals surface area contributed by atoms with E-state index in [9.17, 15) is 9.18 Å². The summed E-state index contributed by atoms with van der Waals surface area (Å²) >= 11 is 0. The minimum absolute atomic E-state index is 0.114. The van der Waals surface area contributed by atoms with Crippen molar-refractivity contribution in [2.75, 3.05) is 13.1 Å². The van der Waals surface area contributed by atoms with Gasteiger partial charge < -0.3 is 9.47 Å². The summed E-state index contributed by atoms with van der Waals surface area (Å²) in [6, 6.07) is 14.1. The van der Waals surface area contributed by atoms with Crippen LogP contribution in [0.1, 0.15) is 19.8 Å². The molecule has 4 rings (SSSR count). The van der Waals surface area contributed by atoms with Crippen LogP contribution in [0.2, 0.25) is 0 Å². The summed E-state index contributed by atoms with van der Waals surface area (Å²) in [4.78, 5) is 19.5. The molecule has 1 fully saturated rings. The van der Waals surface area contributed by atoms with Crippen molar-refractivity contribution in [2.24, 2.45) is 5.92 Å². The molecule has 134 valence electrons. The van der Waals surface area contributed by atoms with E-state index in [4.69, 9.17) is 4.98 Å². The predicted molar refractivity (Wildman–Crippen MR) is 100 cm³/mol. The van der Waals surface area contributed by atoms with Gasteiger partial charge in [-0.1, -0.05) is 19.1 Å². The molecule has 4 nitrogen and oxygen atoms in total. The van der Waals surface area contributed by atoms with Crippen molar-refractivity contribution < 1.29 is 9.18 Å². The van der Waals surface area contributed by atoms with Crippen LogP contribution in [0.4, 0.5) is 4.39 Å². The fourth-order valence-electron chi connectivity index (χ4n) is 3.55. The Balaban J connectivity index is 1.69. The molecular formula is C21H22FN3O. The summed E-state index contributed by atoms with van der Waals surface area (Å²) in [5.74, 6) is 1.21. The Morgan fingerprint density at radius 1 is 1.12 bits per heavy atom. The first-order valence-corrected chi connectivity index (χ1v) is 9.11. The zero-order valence-corrected chi connectivity index (χ0v) is 14.9. The molecule has 0 bridgehead atoms. The number of likely N-dealkylation sites (tertiary alicyclic amines) is 1. The maximum atomic E-state index is 13.3. The summed E-state index contributed by atoms with van der Waals surface area (Å²) in [6.45, 7) is 4.12. The molecule has 1 aliphatic heterocycles. The predicted octanol–water partition coefficient (Wildman–Crippen LogP) is 4.10. The van der Waals surface area contributed by atoms with Gasteiger partial charge in [0.1, 0.15) is 18.2 Å². The Morgan fingerprint density at radius 2 is 1.81 bits per heavy atom. The lowest BCUT2D eigenvalue weighted by Crippen LogP contribution is -2.39. The van der Waals surface area contributed by atoms with E-state index in [2.05, 4.69) is 6.92 Å². The van der Waals surface area contributed by atoms with Crippen molar-refractivity contribution in [1.29, 1.82) is 0 Å². The van der Waals surface area contributed by atoms with Crippen LogP contribution in [0.15, 0.2) is 48.5 Å². The number of halogens is 1. The first kappa shape index (κ1) is 16.8. The molecule has 1 aliphatic rings. The van der Waals surface area contributed by atoms with Gasteiger partial charge in [0.2, 0.25) is 5.91 Å². The van der Waals surface area contributed by atoms with Gasteiger partial charge in [0.05, 0.1) is 11.0 Å². The third-order valence-corrected chi connectivity index (χ3v) is 5.19. The topological polar surface area (TPSA) is 38.1 Å². The van der Waals surface area contributed by atoms with E-state index in [0.29, 0.717) is 11.7 Å². The molecule has 5 heteroatoms. The molecule has 0 aliphatic carbocycles. The van der Waals surface area contributed by atoms with Gasteiger partial charge in [-0.15, -0.1) is 0 Å². The van der Waals surface area contributed by atoms with E-state index >= 15 is 0 Å². The third kappa shape index (κ3) is 3.21. The molecule has 1 saturated heterocycles. The second kappa shape index (κ2) is 6.90. The third-order valence-electron chi connectivity index (χ3n) is 5.19. The van der Waals surface area contributed by atoms with Crippen LogP contribution in [0.5, 0.6) is 0 Å². The highest BCUT2D eigenvalue weighted by molar-refractivity contribution is 5.84. The Morgan fingerprint density at radius 3 is 2.54 bits per heavy atom. The lowest BCUT2D eigenvalue weighted by Gasteiger charge is -2.30. The highest BCUT2D eigenvalue weighted by Gasteiger charge is 2.22. The number of rotatable bonds is 3. The molecule has 26 heavy (non-hydrogen) atoms. The van der Waals surface area contributed by atoms with Crippen molar-refractivity contribution >= 4 is 16.9 Å². The second-order valence-electron chi connectivity index (χ2n) is 7.08. The van der Waals surface area contributed by atoms with Gasteiger partial charge >= 0.3 is 0 Å². The van der Waals surface area contributed by atoms with Crippen molar-refractivity contribution in [3.05, 3.63) is 54.3 Å². The lowest BCUT2D eigenvalue weighted by molar-refractivity contribution is -0.133. The maximum absolute atomic E-state index is 13.3. The normalized spacial score (nSPS) is 15.5. The number of amides is 1. The summed E-state index contributed by atoms with van der Waals surface area (Å²) < 4.78 is 15.3. The van der Waals surface area contributed by atoms with Crippen molar-refractivity contribution in [2.45, 2.75) is 26.3 Å². The lowest BCUT2D eigenvalue weighted by atomic mass is 9.99. The molecule has 0 radical (unpaired) electrons. The van der Waals surface area contributed by atoms with E-state index < -0.39 is 0 Å². The average molecular weight is 351 g/mol. The molecule has 0 spiro atoms. The van der Waals surface area contributed by atoms with Gasteiger partial charge in [-0.2, -0.15) is 0 Å². The number of fused-ring (bicyclic) bond motifs is 1. The van der Waals surface area contributed by atoms with Gasteiger partial charge in [0.15, 0.2) is 0 Å². The zero-order valence-electron chi connectivity index (χ0n) is 14.9. The smallest absolute Gasteiger partial charge is 0.242 e. The Hall–Kier alpha value is -2.69. The average Bonchev–Trinajstić information content (AvgIpc) is 3.01. The molecule has 1 amide bonds. The number of carbonyl (C=O) groups is 1. The molecular weight excluding hydrogens is 329 g/mol. The summed E-state index contributed by atoms with van der Waals surface area (Å²) in [5.41, 5.74) is 2.57. The number of hydrogen-bond donors (Lipinski definition) is 0. The van der Waals surface area contributed by atoms with E-state index in [0.717, 1.165) is 42.5 Å². The number of piperidine rings is 1. The standard InChI is InChI=1S/C21H22FN3O/c1-15-10-12-24(13-11-15)20(26)14-25-19-5-3-2-4-18(19)23-21(25)16-6-8-17(22)9-7-16/h2-9,15H,10-14H2,1H3. The SMILES string of the molecule is CC1CCN(C(=O)Cn2c(-c3ccc(F)cc3)nc3ccccc32)CC1. The summed E-state index contributed by atoms with van der Waals surface area (Å²) in [7, 11) is 0. The van der Waals surface area contributed by atoms with Crippen LogP contribution in [-0.4, -0.2) is 33.4 Å². The van der Waals surface area contributed by atoms with Crippen LogP contribution in [-0.2, 0) is 11.3 Å². The number of hydrogen-bond acceptors (Lipinski definition) is 2. The molecule has 3 aromatic rings. The fraction of sp³-hybridized carbons (Fsp3) is 0.333. The Bertz CT molecular complexity index is 924. The van der Waals surface area contributed by atoms with Gasteiger partial charge in [-0.25, -0.2) is 9.37 Å². The number of para-hydroxylation sites is 2. The molecule has 0 unspecified atom stereocenters. The molecule has 0 atom stereocenters. The van der Waals surface area contributed by atoms with Crippen LogP contribution in [0, 0.1) is 11.7 Å².